The highest BCUT2D eigenvalue weighted by molar-refractivity contribution is 7.48. The highest BCUT2D eigenvalue weighted by atomic mass is 31.2. The smallest absolute Gasteiger partial charge is 0.462 e. The monoisotopic (exact) mass is 986 g/mol. The molecular formula is C53H104N5O9P. The third-order valence-electron chi connectivity index (χ3n) is 11.8. The second-order valence-electron chi connectivity index (χ2n) is 18.2. The number of esters is 2. The van der Waals surface area contributed by atoms with Gasteiger partial charge in [-0.15, -0.1) is 0 Å². The van der Waals surface area contributed by atoms with Crippen LogP contribution in [0.25, 0.3) is 0 Å². The molecule has 0 aliphatic heterocycles. The Kier molecular flexibility index (Phi) is 49.6. The molecule has 0 aliphatic carbocycles. The predicted molar refractivity (Wildman–Crippen MR) is 281 cm³/mol. The molecule has 0 radical (unpaired) electrons. The zero-order valence-corrected chi connectivity index (χ0v) is 44.6. The second kappa shape index (κ2) is 51.2. The Morgan fingerprint density at radius 3 is 1.53 bits per heavy atom. The van der Waals surface area contributed by atoms with Crippen LogP contribution in [0.5, 0.6) is 0 Å². The Hall–Kier alpha value is -2.16. The van der Waals surface area contributed by atoms with Crippen LogP contribution in [0.4, 0.5) is 0 Å². The van der Waals surface area contributed by atoms with Crippen molar-refractivity contribution in [3.63, 3.8) is 0 Å². The SMILES string of the molecule is CCCCCCCC/C=C\CCCCCCCC(=O)OCC(COP(=O)(OC)OCCNC(=O)C(CCCNCCCN)NCCCN)OC(=O)CCCCCCC/C=C/CCCCCCCC. The standard InChI is InChI=1S/C53H104N5O9P/c1-4-6-8-10-12-14-16-18-20-22-24-26-28-30-32-38-51(59)64-47-49(67-52(60)39-33-31-29-27-25-23-21-19-17-15-13-11-9-7-5-2)48-66-68(62,63-3)65-46-45-58-53(61)50(57-44-36-41-55)37-34-42-56-43-35-40-54/h18-21,49-50,56-57H,4-17,22-48,54-55H2,1-3H3,(H,58,61)/b20-18-,21-19+. The summed E-state index contributed by atoms with van der Waals surface area (Å²) >= 11 is 0. The van der Waals surface area contributed by atoms with Gasteiger partial charge >= 0.3 is 19.8 Å². The molecule has 0 saturated carbocycles. The van der Waals surface area contributed by atoms with Crippen LogP contribution in [0.3, 0.4) is 0 Å². The summed E-state index contributed by atoms with van der Waals surface area (Å²) in [4.78, 5) is 38.8. The van der Waals surface area contributed by atoms with Gasteiger partial charge in [-0.25, -0.2) is 4.57 Å². The number of carbonyl (C=O) groups is 3. The first kappa shape index (κ1) is 65.8. The Labute approximate surface area is 415 Å². The number of ether oxygens (including phenoxy) is 2. The minimum atomic E-state index is -4.12. The molecule has 0 aromatic rings. The molecular weight excluding hydrogens is 882 g/mol. The summed E-state index contributed by atoms with van der Waals surface area (Å²) in [7, 11) is -2.93. The molecule has 0 aliphatic rings. The van der Waals surface area contributed by atoms with Gasteiger partial charge in [0, 0.05) is 26.5 Å². The molecule has 0 fully saturated rings. The Morgan fingerprint density at radius 2 is 1.01 bits per heavy atom. The highest BCUT2D eigenvalue weighted by Gasteiger charge is 2.29. The molecule has 400 valence electrons. The lowest BCUT2D eigenvalue weighted by Gasteiger charge is -2.22. The average Bonchev–Trinajstić information content (AvgIpc) is 3.34. The van der Waals surface area contributed by atoms with E-state index in [1.54, 1.807) is 0 Å². The molecule has 14 nitrogen and oxygen atoms in total. The Bertz CT molecular complexity index is 1260. The molecule has 3 atom stereocenters. The topological polar surface area (TPSA) is 203 Å². The quantitative estimate of drug-likeness (QED) is 0.0167. The van der Waals surface area contributed by atoms with Crippen LogP contribution in [-0.2, 0) is 42.0 Å². The Balaban J connectivity index is 4.93. The van der Waals surface area contributed by atoms with Crippen molar-refractivity contribution in [1.82, 2.24) is 16.0 Å². The fourth-order valence-corrected chi connectivity index (χ4v) is 8.51. The van der Waals surface area contributed by atoms with E-state index in [4.69, 9.17) is 34.5 Å². The van der Waals surface area contributed by atoms with Crippen LogP contribution in [0.2, 0.25) is 0 Å². The number of nitrogens with one attached hydrogen (secondary N) is 3. The molecule has 0 aromatic heterocycles. The van der Waals surface area contributed by atoms with Gasteiger partial charge < -0.3 is 36.9 Å². The van der Waals surface area contributed by atoms with Crippen LogP contribution in [-0.4, -0.2) is 96.2 Å². The van der Waals surface area contributed by atoms with Crippen molar-refractivity contribution < 1.29 is 42.0 Å². The predicted octanol–water partition coefficient (Wildman–Crippen LogP) is 11.4. The molecule has 0 aromatic carbocycles. The first-order valence-corrected chi connectivity index (χ1v) is 28.9. The summed E-state index contributed by atoms with van der Waals surface area (Å²) < 4.78 is 40.9. The minimum Gasteiger partial charge on any atom is -0.462 e. The van der Waals surface area contributed by atoms with E-state index in [0.29, 0.717) is 38.9 Å². The van der Waals surface area contributed by atoms with E-state index in [2.05, 4.69) is 54.1 Å². The summed E-state index contributed by atoms with van der Waals surface area (Å²) in [6, 6.07) is -0.426. The average molecular weight is 986 g/mol. The van der Waals surface area contributed by atoms with Crippen molar-refractivity contribution in [2.45, 2.75) is 231 Å². The van der Waals surface area contributed by atoms with Crippen LogP contribution < -0.4 is 27.4 Å². The molecule has 0 spiro atoms. The first-order valence-electron chi connectivity index (χ1n) is 27.5. The van der Waals surface area contributed by atoms with E-state index in [1.807, 2.05) is 0 Å². The van der Waals surface area contributed by atoms with Crippen molar-refractivity contribution >= 4 is 25.7 Å². The van der Waals surface area contributed by atoms with Gasteiger partial charge in [0.2, 0.25) is 5.91 Å². The molecule has 15 heteroatoms. The fraction of sp³-hybridized carbons (Fsp3) is 0.868. The van der Waals surface area contributed by atoms with Gasteiger partial charge in [-0.1, -0.05) is 141 Å². The molecule has 3 unspecified atom stereocenters. The maximum atomic E-state index is 13.4. The number of nitrogens with two attached hydrogens (primary N) is 2. The van der Waals surface area contributed by atoms with E-state index in [0.717, 1.165) is 103 Å². The van der Waals surface area contributed by atoms with Gasteiger partial charge in [-0.3, -0.25) is 28.0 Å². The fourth-order valence-electron chi connectivity index (χ4n) is 7.56. The lowest BCUT2D eigenvalue weighted by molar-refractivity contribution is -0.161. The molecule has 0 saturated heterocycles. The number of rotatable bonds is 53. The zero-order chi connectivity index (χ0) is 49.9. The van der Waals surface area contributed by atoms with Crippen molar-refractivity contribution in [2.75, 3.05) is 66.2 Å². The van der Waals surface area contributed by atoms with Gasteiger partial charge in [-0.2, -0.15) is 0 Å². The third kappa shape index (κ3) is 45.0. The number of hydrogen-bond donors (Lipinski definition) is 5. The molecule has 0 heterocycles. The van der Waals surface area contributed by atoms with Gasteiger partial charge in [-0.05, 0) is 123 Å². The molecule has 68 heavy (non-hydrogen) atoms. The molecule has 0 bridgehead atoms. The summed E-state index contributed by atoms with van der Waals surface area (Å²) in [6.45, 7) is 7.13. The van der Waals surface area contributed by atoms with Crippen LogP contribution in [0.1, 0.15) is 219 Å². The van der Waals surface area contributed by atoms with Gasteiger partial charge in [0.15, 0.2) is 6.10 Å². The van der Waals surface area contributed by atoms with E-state index in [1.165, 1.54) is 90.6 Å². The largest absolute Gasteiger partial charge is 0.474 e. The summed E-state index contributed by atoms with van der Waals surface area (Å²) in [6.07, 6.45) is 41.9. The Morgan fingerprint density at radius 1 is 0.544 bits per heavy atom. The maximum Gasteiger partial charge on any atom is 0.474 e. The third-order valence-corrected chi connectivity index (χ3v) is 13.2. The number of unbranched alkanes of at least 4 members (excludes halogenated alkanes) is 22. The van der Waals surface area contributed by atoms with Crippen molar-refractivity contribution in [3.8, 4) is 0 Å². The van der Waals surface area contributed by atoms with Crippen molar-refractivity contribution in [2.24, 2.45) is 11.5 Å². The highest BCUT2D eigenvalue weighted by Crippen LogP contribution is 2.48. The minimum absolute atomic E-state index is 0.0572. The lowest BCUT2D eigenvalue weighted by atomic mass is 10.1. The molecule has 1 amide bonds. The van der Waals surface area contributed by atoms with Gasteiger partial charge in [0.1, 0.15) is 6.61 Å². The number of phosphoric acid groups is 1. The molecule has 0 rings (SSSR count). The van der Waals surface area contributed by atoms with Gasteiger partial charge in [0.25, 0.3) is 0 Å². The normalized spacial score (nSPS) is 13.5. The maximum absolute atomic E-state index is 13.4. The second-order valence-corrected chi connectivity index (χ2v) is 20.0. The summed E-state index contributed by atoms with van der Waals surface area (Å²) in [5, 5.41) is 9.43. The number of allylic oxidation sites excluding steroid dienone is 4. The lowest BCUT2D eigenvalue weighted by Crippen LogP contribution is -2.46. The zero-order valence-electron chi connectivity index (χ0n) is 43.7. The number of hydrogen-bond acceptors (Lipinski definition) is 13. The molecule has 7 N–H and O–H groups in total. The summed E-state index contributed by atoms with van der Waals surface area (Å²) in [5.74, 6) is -1.04. The van der Waals surface area contributed by atoms with Crippen molar-refractivity contribution in [3.05, 3.63) is 24.3 Å². The van der Waals surface area contributed by atoms with Crippen LogP contribution in [0.15, 0.2) is 24.3 Å². The number of phosphoric ester groups is 1. The number of carbonyl (C=O) groups excluding carboxylic acids is 3. The van der Waals surface area contributed by atoms with E-state index >= 15 is 0 Å². The van der Waals surface area contributed by atoms with Crippen molar-refractivity contribution in [1.29, 1.82) is 0 Å². The van der Waals surface area contributed by atoms with E-state index in [-0.39, 0.29) is 51.1 Å². The number of amides is 1. The van der Waals surface area contributed by atoms with Crippen LogP contribution in [0, 0.1) is 0 Å². The van der Waals surface area contributed by atoms with Crippen LogP contribution >= 0.6 is 7.82 Å². The first-order chi connectivity index (χ1) is 33.2. The van der Waals surface area contributed by atoms with Gasteiger partial charge in [0.05, 0.1) is 19.3 Å². The van der Waals surface area contributed by atoms with E-state index < -0.39 is 25.9 Å². The van der Waals surface area contributed by atoms with E-state index in [9.17, 15) is 18.9 Å². The summed E-state index contributed by atoms with van der Waals surface area (Å²) in [5.41, 5.74) is 11.2.